The molecule has 0 radical (unpaired) electrons. The quantitative estimate of drug-likeness (QED) is 0.487. The summed E-state index contributed by atoms with van der Waals surface area (Å²) in [6.07, 6.45) is -1.44. The summed E-state index contributed by atoms with van der Waals surface area (Å²) in [6.45, 7) is 0. The van der Waals surface area contributed by atoms with E-state index in [-0.39, 0.29) is 5.56 Å². The molecule has 1 heterocycles. The summed E-state index contributed by atoms with van der Waals surface area (Å²) < 4.78 is 4.40. The Labute approximate surface area is 100 Å². The summed E-state index contributed by atoms with van der Waals surface area (Å²) in [4.78, 5) is 38.1. The van der Waals surface area contributed by atoms with E-state index in [4.69, 9.17) is 0 Å². The average molecular weight is 250 g/mol. The first-order valence-electron chi connectivity index (χ1n) is 5.05. The highest BCUT2D eigenvalue weighted by molar-refractivity contribution is 5.80. The van der Waals surface area contributed by atoms with Gasteiger partial charge in [-0.2, -0.15) is 0 Å². The number of aromatic amines is 2. The fourth-order valence-electron chi connectivity index (χ4n) is 1.55. The van der Waals surface area contributed by atoms with Crippen molar-refractivity contribution in [2.75, 3.05) is 7.11 Å². The van der Waals surface area contributed by atoms with Gasteiger partial charge < -0.3 is 19.8 Å². The Morgan fingerprint density at radius 2 is 1.83 bits per heavy atom. The molecule has 7 heteroatoms. The van der Waals surface area contributed by atoms with Crippen molar-refractivity contribution in [3.05, 3.63) is 44.5 Å². The summed E-state index contributed by atoms with van der Waals surface area (Å²) in [5, 5.41) is 9.63. The highest BCUT2D eigenvalue weighted by Crippen LogP contribution is 2.17. The van der Waals surface area contributed by atoms with Crippen LogP contribution in [0.25, 0.3) is 11.0 Å². The molecule has 1 unspecified atom stereocenters. The van der Waals surface area contributed by atoms with E-state index in [9.17, 15) is 19.5 Å². The van der Waals surface area contributed by atoms with Crippen LogP contribution in [0.2, 0.25) is 0 Å². The van der Waals surface area contributed by atoms with Crippen LogP contribution in [0.4, 0.5) is 0 Å². The lowest BCUT2D eigenvalue weighted by Gasteiger charge is -2.09. The first-order valence-corrected chi connectivity index (χ1v) is 5.05. The number of aliphatic hydroxyl groups is 1. The molecule has 3 N–H and O–H groups in total. The Morgan fingerprint density at radius 3 is 2.44 bits per heavy atom. The highest BCUT2D eigenvalue weighted by Gasteiger charge is 2.18. The second-order valence-corrected chi connectivity index (χ2v) is 3.64. The number of aliphatic hydroxyl groups excluding tert-OH is 1. The minimum atomic E-state index is -1.44. The average Bonchev–Trinajstić information content (AvgIpc) is 2.37. The summed E-state index contributed by atoms with van der Waals surface area (Å²) >= 11 is 0. The van der Waals surface area contributed by atoms with Crippen molar-refractivity contribution in [2.24, 2.45) is 0 Å². The van der Waals surface area contributed by atoms with Gasteiger partial charge in [-0.3, -0.25) is 9.59 Å². The van der Waals surface area contributed by atoms with Gasteiger partial charge in [0.25, 0.3) is 0 Å². The molecule has 0 fully saturated rings. The summed E-state index contributed by atoms with van der Waals surface area (Å²) in [7, 11) is 1.16. The molecule has 18 heavy (non-hydrogen) atoms. The molecule has 0 saturated heterocycles. The molecule has 0 aliphatic carbocycles. The lowest BCUT2D eigenvalue weighted by atomic mass is 10.1. The van der Waals surface area contributed by atoms with E-state index in [1.165, 1.54) is 18.2 Å². The molecule has 94 valence electrons. The lowest BCUT2D eigenvalue weighted by Crippen LogP contribution is -2.29. The number of H-pyrrole nitrogens is 2. The van der Waals surface area contributed by atoms with Gasteiger partial charge in [0.2, 0.25) is 0 Å². The Balaban J connectivity index is 2.57. The number of methoxy groups -OCH3 is 1. The topological polar surface area (TPSA) is 112 Å². The van der Waals surface area contributed by atoms with Crippen molar-refractivity contribution < 1.29 is 14.6 Å². The minimum absolute atomic E-state index is 0.261. The van der Waals surface area contributed by atoms with Crippen LogP contribution in [0.15, 0.2) is 27.8 Å². The van der Waals surface area contributed by atoms with Crippen molar-refractivity contribution in [3.63, 3.8) is 0 Å². The van der Waals surface area contributed by atoms with Crippen LogP contribution in [0, 0.1) is 0 Å². The second-order valence-electron chi connectivity index (χ2n) is 3.64. The van der Waals surface area contributed by atoms with E-state index < -0.39 is 23.2 Å². The second kappa shape index (κ2) is 4.46. The van der Waals surface area contributed by atoms with E-state index >= 15 is 0 Å². The number of esters is 1. The van der Waals surface area contributed by atoms with E-state index in [1.807, 2.05) is 0 Å². The minimum Gasteiger partial charge on any atom is -0.467 e. The van der Waals surface area contributed by atoms with Gasteiger partial charge in [-0.25, -0.2) is 4.79 Å². The third kappa shape index (κ3) is 2.03. The fraction of sp³-hybridized carbons (Fsp3) is 0.182. The summed E-state index contributed by atoms with van der Waals surface area (Å²) in [5.74, 6) is -0.805. The normalized spacial score (nSPS) is 12.3. The van der Waals surface area contributed by atoms with Gasteiger partial charge in [-0.15, -0.1) is 0 Å². The van der Waals surface area contributed by atoms with Gasteiger partial charge in [-0.1, -0.05) is 6.07 Å². The van der Waals surface area contributed by atoms with E-state index in [0.717, 1.165) is 7.11 Å². The molecule has 0 aliphatic heterocycles. The monoisotopic (exact) mass is 250 g/mol. The largest absolute Gasteiger partial charge is 0.467 e. The zero-order valence-corrected chi connectivity index (χ0v) is 9.39. The maximum Gasteiger partial charge on any atom is 0.339 e. The number of hydrogen-bond acceptors (Lipinski definition) is 5. The number of benzene rings is 1. The first-order chi connectivity index (χ1) is 8.52. The van der Waals surface area contributed by atoms with Gasteiger partial charge in [0.15, 0.2) is 6.10 Å². The summed E-state index contributed by atoms with van der Waals surface area (Å²) in [6, 6.07) is 4.33. The van der Waals surface area contributed by atoms with Gasteiger partial charge in [-0.05, 0) is 17.7 Å². The molecule has 7 nitrogen and oxygen atoms in total. The molecular weight excluding hydrogens is 240 g/mol. The predicted octanol–water partition coefficient (Wildman–Crippen LogP) is -0.577. The molecule has 2 aromatic rings. The standard InChI is InChI=1S/C11H10N2O5/c1-18-11(17)8(14)5-2-3-6-7(4-5)13-10(16)9(15)12-6/h2-4,8,14H,1H3,(H,12,15)(H,13,16). The molecule has 1 atom stereocenters. The molecule has 2 rings (SSSR count). The Bertz CT molecular complexity index is 715. The van der Waals surface area contributed by atoms with Crippen molar-refractivity contribution in [2.45, 2.75) is 6.10 Å². The third-order valence-corrected chi connectivity index (χ3v) is 2.49. The maximum atomic E-state index is 11.2. The Morgan fingerprint density at radius 1 is 1.22 bits per heavy atom. The number of nitrogens with one attached hydrogen (secondary N) is 2. The number of rotatable bonds is 2. The Hall–Kier alpha value is -2.41. The predicted molar refractivity (Wildman–Crippen MR) is 62.2 cm³/mol. The number of ether oxygens (including phenoxy) is 1. The van der Waals surface area contributed by atoms with Crippen molar-refractivity contribution in [3.8, 4) is 0 Å². The van der Waals surface area contributed by atoms with Crippen molar-refractivity contribution >= 4 is 17.0 Å². The lowest BCUT2D eigenvalue weighted by molar-refractivity contribution is -0.150. The molecular formula is C11H10N2O5. The van der Waals surface area contributed by atoms with Gasteiger partial charge in [0.05, 0.1) is 18.1 Å². The smallest absolute Gasteiger partial charge is 0.339 e. The maximum absolute atomic E-state index is 11.2. The number of fused-ring (bicyclic) bond motifs is 1. The zero-order chi connectivity index (χ0) is 13.3. The van der Waals surface area contributed by atoms with Gasteiger partial charge >= 0.3 is 17.1 Å². The zero-order valence-electron chi connectivity index (χ0n) is 9.39. The molecule has 0 aliphatic rings. The van der Waals surface area contributed by atoms with Crippen LogP contribution < -0.4 is 11.1 Å². The van der Waals surface area contributed by atoms with Crippen LogP contribution in [0.3, 0.4) is 0 Å². The summed E-state index contributed by atoms with van der Waals surface area (Å²) in [5.41, 5.74) is -0.575. The molecule has 0 bridgehead atoms. The SMILES string of the molecule is COC(=O)C(O)c1ccc2[nH]c(=O)c(=O)[nH]c2c1. The van der Waals surface area contributed by atoms with Crippen LogP contribution in [-0.2, 0) is 9.53 Å². The van der Waals surface area contributed by atoms with Crippen LogP contribution in [0.5, 0.6) is 0 Å². The van der Waals surface area contributed by atoms with E-state index in [1.54, 1.807) is 0 Å². The van der Waals surface area contributed by atoms with Crippen LogP contribution >= 0.6 is 0 Å². The van der Waals surface area contributed by atoms with E-state index in [2.05, 4.69) is 14.7 Å². The number of carbonyl (C=O) groups excluding carboxylic acids is 1. The number of carbonyl (C=O) groups is 1. The number of hydrogen-bond donors (Lipinski definition) is 3. The number of aromatic nitrogens is 2. The van der Waals surface area contributed by atoms with Gasteiger partial charge in [0, 0.05) is 0 Å². The Kier molecular flexibility index (Phi) is 2.99. The molecule has 0 spiro atoms. The highest BCUT2D eigenvalue weighted by atomic mass is 16.5. The van der Waals surface area contributed by atoms with Gasteiger partial charge in [0.1, 0.15) is 0 Å². The van der Waals surface area contributed by atoms with Crippen molar-refractivity contribution in [1.82, 2.24) is 9.97 Å². The molecule has 1 aromatic carbocycles. The van der Waals surface area contributed by atoms with Crippen LogP contribution in [-0.4, -0.2) is 28.2 Å². The molecule has 0 amide bonds. The van der Waals surface area contributed by atoms with Crippen molar-refractivity contribution in [1.29, 1.82) is 0 Å². The first kappa shape index (κ1) is 12.1. The molecule has 0 saturated carbocycles. The fourth-order valence-corrected chi connectivity index (χ4v) is 1.55. The van der Waals surface area contributed by atoms with Crippen LogP contribution in [0.1, 0.15) is 11.7 Å². The molecule has 1 aromatic heterocycles. The third-order valence-electron chi connectivity index (χ3n) is 2.49. The van der Waals surface area contributed by atoms with E-state index in [0.29, 0.717) is 11.0 Å².